The van der Waals surface area contributed by atoms with Crippen LogP contribution in [0.25, 0.3) is 0 Å². The smallest absolute Gasteiger partial charge is 0.328 e. The summed E-state index contributed by atoms with van der Waals surface area (Å²) in [4.78, 5) is 32.1. The highest BCUT2D eigenvalue weighted by Gasteiger charge is 2.01. The van der Waals surface area contributed by atoms with Crippen LogP contribution in [0.5, 0.6) is 5.75 Å². The van der Waals surface area contributed by atoms with Gasteiger partial charge in [0.05, 0.1) is 0 Å². The van der Waals surface area contributed by atoms with E-state index in [-0.39, 0.29) is 0 Å². The Labute approximate surface area is 103 Å². The standard InChI is InChI=1S/C12H11NO5/c1-8(14)18-10-4-2-9(3-5-10)13-11(15)6-7-12(16)17/h2-7H,1H3,(H,13,15)(H,16,17). The zero-order valence-corrected chi connectivity index (χ0v) is 9.54. The van der Waals surface area contributed by atoms with Gasteiger partial charge in [0, 0.05) is 24.8 Å². The van der Waals surface area contributed by atoms with Crippen LogP contribution in [-0.2, 0) is 14.4 Å². The molecule has 6 nitrogen and oxygen atoms in total. The van der Waals surface area contributed by atoms with Gasteiger partial charge >= 0.3 is 11.9 Å². The molecule has 0 aliphatic rings. The summed E-state index contributed by atoms with van der Waals surface area (Å²) in [5.41, 5.74) is 0.464. The third-order valence-corrected chi connectivity index (χ3v) is 1.76. The second kappa shape index (κ2) is 6.19. The van der Waals surface area contributed by atoms with Crippen molar-refractivity contribution in [2.45, 2.75) is 6.92 Å². The lowest BCUT2D eigenvalue weighted by Gasteiger charge is -2.04. The molecule has 1 rings (SSSR count). The Bertz CT molecular complexity index is 490. The third-order valence-electron chi connectivity index (χ3n) is 1.76. The number of carbonyl (C=O) groups is 3. The maximum atomic E-state index is 11.2. The van der Waals surface area contributed by atoms with Crippen molar-refractivity contribution in [3.63, 3.8) is 0 Å². The number of nitrogens with one attached hydrogen (secondary N) is 1. The summed E-state index contributed by atoms with van der Waals surface area (Å²) < 4.78 is 4.81. The first-order valence-corrected chi connectivity index (χ1v) is 4.98. The molecule has 1 aromatic rings. The van der Waals surface area contributed by atoms with Crippen LogP contribution < -0.4 is 10.1 Å². The maximum Gasteiger partial charge on any atom is 0.328 e. The first-order chi connectivity index (χ1) is 8.47. The Kier molecular flexibility index (Phi) is 4.62. The molecule has 0 unspecified atom stereocenters. The number of carboxylic acid groups (broad SMARTS) is 1. The molecule has 1 amide bonds. The van der Waals surface area contributed by atoms with Crippen molar-refractivity contribution < 1.29 is 24.2 Å². The fourth-order valence-electron chi connectivity index (χ4n) is 1.10. The molecule has 18 heavy (non-hydrogen) atoms. The molecule has 0 bridgehead atoms. The van der Waals surface area contributed by atoms with Gasteiger partial charge < -0.3 is 15.2 Å². The van der Waals surface area contributed by atoms with Crippen LogP contribution >= 0.6 is 0 Å². The molecule has 0 heterocycles. The van der Waals surface area contributed by atoms with Crippen LogP contribution in [0.1, 0.15) is 6.92 Å². The summed E-state index contributed by atoms with van der Waals surface area (Å²) in [6.07, 6.45) is 1.64. The van der Waals surface area contributed by atoms with Gasteiger partial charge in [-0.3, -0.25) is 9.59 Å². The van der Waals surface area contributed by atoms with Gasteiger partial charge in [-0.05, 0) is 24.3 Å². The molecule has 0 aliphatic carbocycles. The van der Waals surface area contributed by atoms with Gasteiger partial charge in [-0.15, -0.1) is 0 Å². The highest BCUT2D eigenvalue weighted by molar-refractivity contribution is 6.02. The highest BCUT2D eigenvalue weighted by Crippen LogP contribution is 2.15. The summed E-state index contributed by atoms with van der Waals surface area (Å²) in [6.45, 7) is 1.28. The number of esters is 1. The fourth-order valence-corrected chi connectivity index (χ4v) is 1.10. The molecule has 0 aliphatic heterocycles. The number of ether oxygens (including phenoxy) is 1. The van der Waals surface area contributed by atoms with E-state index in [1.54, 1.807) is 0 Å². The lowest BCUT2D eigenvalue weighted by Crippen LogP contribution is -2.08. The van der Waals surface area contributed by atoms with Crippen LogP contribution in [0.15, 0.2) is 36.4 Å². The Hall–Kier alpha value is -2.63. The first kappa shape index (κ1) is 13.4. The number of aliphatic carboxylic acids is 1. The molecular weight excluding hydrogens is 238 g/mol. The molecule has 1 aromatic carbocycles. The Morgan fingerprint density at radius 3 is 2.28 bits per heavy atom. The van der Waals surface area contributed by atoms with Gasteiger partial charge in [-0.25, -0.2) is 4.79 Å². The average molecular weight is 249 g/mol. The van der Waals surface area contributed by atoms with E-state index >= 15 is 0 Å². The Balaban J connectivity index is 2.61. The van der Waals surface area contributed by atoms with E-state index in [0.717, 1.165) is 12.2 Å². The summed E-state index contributed by atoms with van der Waals surface area (Å²) in [5.74, 6) is -1.83. The first-order valence-electron chi connectivity index (χ1n) is 4.98. The molecule has 2 N–H and O–H groups in total. The quantitative estimate of drug-likeness (QED) is 0.475. The summed E-state index contributed by atoms with van der Waals surface area (Å²) in [7, 11) is 0. The van der Waals surface area contributed by atoms with Crippen molar-refractivity contribution >= 4 is 23.5 Å². The summed E-state index contributed by atoms with van der Waals surface area (Å²) >= 11 is 0. The molecule has 94 valence electrons. The monoisotopic (exact) mass is 249 g/mol. The van der Waals surface area contributed by atoms with E-state index in [0.29, 0.717) is 11.4 Å². The van der Waals surface area contributed by atoms with Crippen molar-refractivity contribution in [2.75, 3.05) is 5.32 Å². The van der Waals surface area contributed by atoms with Gasteiger partial charge in [0.2, 0.25) is 5.91 Å². The molecule has 0 saturated heterocycles. The molecule has 0 atom stereocenters. The normalized spacial score (nSPS) is 10.1. The van der Waals surface area contributed by atoms with E-state index in [2.05, 4.69) is 5.32 Å². The number of hydrogen-bond acceptors (Lipinski definition) is 4. The van der Waals surface area contributed by atoms with Crippen LogP contribution in [-0.4, -0.2) is 23.0 Å². The minimum absolute atomic E-state index is 0.363. The van der Waals surface area contributed by atoms with E-state index < -0.39 is 17.8 Å². The van der Waals surface area contributed by atoms with E-state index in [9.17, 15) is 14.4 Å². The average Bonchev–Trinajstić information content (AvgIpc) is 2.28. The SMILES string of the molecule is CC(=O)Oc1ccc(NC(=O)C=CC(=O)O)cc1. The van der Waals surface area contributed by atoms with E-state index in [4.69, 9.17) is 9.84 Å². The van der Waals surface area contributed by atoms with Gasteiger partial charge in [0.25, 0.3) is 0 Å². The zero-order chi connectivity index (χ0) is 13.5. The topological polar surface area (TPSA) is 92.7 Å². The van der Waals surface area contributed by atoms with Crippen molar-refractivity contribution in [1.82, 2.24) is 0 Å². The summed E-state index contributed by atoms with van der Waals surface area (Å²) in [6, 6.07) is 6.09. The maximum absolute atomic E-state index is 11.2. The molecule has 0 radical (unpaired) electrons. The lowest BCUT2D eigenvalue weighted by atomic mass is 10.3. The zero-order valence-electron chi connectivity index (χ0n) is 9.54. The minimum Gasteiger partial charge on any atom is -0.478 e. The van der Waals surface area contributed by atoms with Crippen LogP contribution in [0.2, 0.25) is 0 Å². The molecule has 0 saturated carbocycles. The van der Waals surface area contributed by atoms with Crippen molar-refractivity contribution in [2.24, 2.45) is 0 Å². The van der Waals surface area contributed by atoms with Gasteiger partial charge in [-0.1, -0.05) is 0 Å². The predicted octanol–water partition coefficient (Wildman–Crippen LogP) is 1.19. The number of carboxylic acids is 1. The number of hydrogen-bond donors (Lipinski definition) is 2. The third kappa shape index (κ3) is 4.93. The number of anilines is 1. The highest BCUT2D eigenvalue weighted by atomic mass is 16.5. The van der Waals surface area contributed by atoms with Crippen LogP contribution in [0.4, 0.5) is 5.69 Å². The van der Waals surface area contributed by atoms with Crippen molar-refractivity contribution in [3.8, 4) is 5.75 Å². The largest absolute Gasteiger partial charge is 0.478 e. The number of rotatable bonds is 4. The molecule has 0 spiro atoms. The Morgan fingerprint density at radius 1 is 1.17 bits per heavy atom. The van der Waals surface area contributed by atoms with Crippen molar-refractivity contribution in [1.29, 1.82) is 0 Å². The van der Waals surface area contributed by atoms with Gasteiger partial charge in [0.1, 0.15) is 5.75 Å². The molecule has 0 aromatic heterocycles. The number of carbonyl (C=O) groups excluding carboxylic acids is 2. The second-order valence-corrected chi connectivity index (χ2v) is 3.28. The van der Waals surface area contributed by atoms with Crippen LogP contribution in [0, 0.1) is 0 Å². The van der Waals surface area contributed by atoms with Gasteiger partial charge in [-0.2, -0.15) is 0 Å². The molecule has 6 heteroatoms. The fraction of sp³-hybridized carbons (Fsp3) is 0.0833. The van der Waals surface area contributed by atoms with E-state index in [1.807, 2.05) is 0 Å². The molecule has 0 fully saturated rings. The predicted molar refractivity (Wildman–Crippen MR) is 63.2 cm³/mol. The second-order valence-electron chi connectivity index (χ2n) is 3.28. The summed E-state index contributed by atoms with van der Waals surface area (Å²) in [5, 5.41) is 10.8. The number of amides is 1. The molecular formula is C12H11NO5. The van der Waals surface area contributed by atoms with Crippen LogP contribution in [0.3, 0.4) is 0 Å². The van der Waals surface area contributed by atoms with E-state index in [1.165, 1.54) is 31.2 Å². The van der Waals surface area contributed by atoms with Gasteiger partial charge in [0.15, 0.2) is 0 Å². The minimum atomic E-state index is -1.20. The van der Waals surface area contributed by atoms with Crippen molar-refractivity contribution in [3.05, 3.63) is 36.4 Å². The number of benzene rings is 1. The Morgan fingerprint density at radius 2 is 1.78 bits per heavy atom. The lowest BCUT2D eigenvalue weighted by molar-refractivity contribution is -0.132.